The number of anilines is 1. The Balaban J connectivity index is 3.40. The van der Waals surface area contributed by atoms with E-state index in [1.165, 1.54) is 0 Å². The first-order valence-corrected chi connectivity index (χ1v) is 4.65. The highest BCUT2D eigenvalue weighted by Gasteiger charge is 2.27. The first-order chi connectivity index (χ1) is 8.36. The molecule has 18 heavy (non-hydrogen) atoms. The normalized spacial score (nSPS) is 10.4. The Labute approximate surface area is 99.7 Å². The number of hydrogen-bond acceptors (Lipinski definition) is 6. The Hall–Kier alpha value is -2.32. The molecule has 0 bridgehead atoms. The summed E-state index contributed by atoms with van der Waals surface area (Å²) in [4.78, 5) is 24.2. The van der Waals surface area contributed by atoms with Gasteiger partial charge < -0.3 is 10.5 Å². The highest BCUT2D eigenvalue weighted by molar-refractivity contribution is 5.75. The van der Waals surface area contributed by atoms with Crippen molar-refractivity contribution in [2.45, 2.75) is 12.8 Å². The average molecular weight is 261 g/mol. The van der Waals surface area contributed by atoms with Crippen molar-refractivity contribution in [1.82, 2.24) is 4.98 Å². The van der Waals surface area contributed by atoms with Crippen molar-refractivity contribution < 1.29 is 23.2 Å². The summed E-state index contributed by atoms with van der Waals surface area (Å²) in [6.45, 7) is 0. The summed E-state index contributed by atoms with van der Waals surface area (Å²) in [6.07, 6.45) is -3.74. The number of methoxy groups -OCH3 is 1. The number of carbonyl (C=O) groups is 1. The number of alkyl halides is 2. The number of aromatic nitrogens is 1. The maximum Gasteiger partial charge on any atom is 0.310 e. The van der Waals surface area contributed by atoms with E-state index in [9.17, 15) is 23.7 Å². The van der Waals surface area contributed by atoms with E-state index in [2.05, 4.69) is 9.72 Å². The van der Waals surface area contributed by atoms with E-state index in [1.807, 2.05) is 0 Å². The Morgan fingerprint density at radius 2 is 2.28 bits per heavy atom. The zero-order valence-corrected chi connectivity index (χ0v) is 9.22. The van der Waals surface area contributed by atoms with Gasteiger partial charge in [-0.3, -0.25) is 14.9 Å². The molecular formula is C9H9F2N3O4. The number of rotatable bonds is 4. The number of pyridine rings is 1. The minimum atomic E-state index is -3.08. The summed E-state index contributed by atoms with van der Waals surface area (Å²) in [5, 5.41) is 10.7. The summed E-state index contributed by atoms with van der Waals surface area (Å²) in [5.74, 6) is -1.29. The molecule has 1 aromatic heterocycles. The van der Waals surface area contributed by atoms with Gasteiger partial charge in [-0.15, -0.1) is 0 Å². The molecule has 1 aromatic rings. The van der Waals surface area contributed by atoms with Crippen LogP contribution in [0.5, 0.6) is 0 Å². The standard InChI is InChI=1S/C9H9F2N3O4/c1-18-7(15)2-4-5(14(16)17)3-6(12)13-8(4)9(10)11/h3,9H,2H2,1H3,(H2,12,13). The maximum atomic E-state index is 12.7. The molecular weight excluding hydrogens is 252 g/mol. The molecule has 0 spiro atoms. The van der Waals surface area contributed by atoms with Gasteiger partial charge in [0.25, 0.3) is 12.1 Å². The van der Waals surface area contributed by atoms with Crippen molar-refractivity contribution in [3.63, 3.8) is 0 Å². The average Bonchev–Trinajstić information content (AvgIpc) is 2.29. The number of nitrogens with two attached hydrogens (primary N) is 1. The van der Waals surface area contributed by atoms with Crippen molar-refractivity contribution >= 4 is 17.5 Å². The lowest BCUT2D eigenvalue weighted by atomic mass is 10.1. The van der Waals surface area contributed by atoms with Gasteiger partial charge >= 0.3 is 5.97 Å². The molecule has 0 aliphatic carbocycles. The number of ether oxygens (including phenoxy) is 1. The third kappa shape index (κ3) is 2.87. The lowest BCUT2D eigenvalue weighted by Gasteiger charge is -2.08. The lowest BCUT2D eigenvalue weighted by molar-refractivity contribution is -0.385. The molecule has 0 amide bonds. The third-order valence-electron chi connectivity index (χ3n) is 2.10. The zero-order chi connectivity index (χ0) is 13.9. The highest BCUT2D eigenvalue weighted by Crippen LogP contribution is 2.30. The molecule has 0 aromatic carbocycles. The van der Waals surface area contributed by atoms with Gasteiger partial charge in [-0.2, -0.15) is 0 Å². The predicted octanol–water partition coefficient (Wildman–Crippen LogP) is 1.23. The van der Waals surface area contributed by atoms with Crippen LogP contribution in [0.25, 0.3) is 0 Å². The van der Waals surface area contributed by atoms with Gasteiger partial charge in [-0.1, -0.05) is 0 Å². The zero-order valence-electron chi connectivity index (χ0n) is 9.22. The SMILES string of the molecule is COC(=O)Cc1c([N+](=O)[O-])cc(N)nc1C(F)F. The minimum Gasteiger partial charge on any atom is -0.469 e. The monoisotopic (exact) mass is 261 g/mol. The molecule has 0 radical (unpaired) electrons. The fourth-order valence-corrected chi connectivity index (χ4v) is 1.34. The number of carbonyl (C=O) groups excluding carboxylic acids is 1. The molecule has 0 unspecified atom stereocenters. The van der Waals surface area contributed by atoms with E-state index in [-0.39, 0.29) is 0 Å². The predicted molar refractivity (Wildman–Crippen MR) is 56.0 cm³/mol. The fourth-order valence-electron chi connectivity index (χ4n) is 1.34. The number of nitro groups is 1. The topological polar surface area (TPSA) is 108 Å². The summed E-state index contributed by atoms with van der Waals surface area (Å²) in [5.41, 5.74) is 3.15. The summed E-state index contributed by atoms with van der Waals surface area (Å²) in [6, 6.07) is 0.824. The second-order valence-electron chi connectivity index (χ2n) is 3.24. The van der Waals surface area contributed by atoms with E-state index < -0.39 is 46.5 Å². The van der Waals surface area contributed by atoms with Gasteiger partial charge in [0.15, 0.2) is 0 Å². The van der Waals surface area contributed by atoms with Gasteiger partial charge in [0.2, 0.25) is 0 Å². The molecule has 7 nitrogen and oxygen atoms in total. The van der Waals surface area contributed by atoms with Crippen LogP contribution in [0.15, 0.2) is 6.07 Å². The number of nitrogens with zero attached hydrogens (tertiary/aromatic N) is 2. The first kappa shape index (κ1) is 13.7. The van der Waals surface area contributed by atoms with Crippen LogP contribution in [-0.2, 0) is 16.0 Å². The van der Waals surface area contributed by atoms with Crippen molar-refractivity contribution in [2.75, 3.05) is 12.8 Å². The molecule has 9 heteroatoms. The molecule has 0 saturated heterocycles. The Morgan fingerprint density at radius 1 is 1.67 bits per heavy atom. The molecule has 2 N–H and O–H groups in total. The fraction of sp³-hybridized carbons (Fsp3) is 0.333. The van der Waals surface area contributed by atoms with Gasteiger partial charge in [-0.25, -0.2) is 13.8 Å². The van der Waals surface area contributed by atoms with Gasteiger partial charge in [0.1, 0.15) is 11.5 Å². The van der Waals surface area contributed by atoms with Crippen LogP contribution in [0.2, 0.25) is 0 Å². The molecule has 0 aliphatic rings. The van der Waals surface area contributed by atoms with Crippen LogP contribution < -0.4 is 5.73 Å². The Bertz CT molecular complexity index is 493. The van der Waals surface area contributed by atoms with Crippen LogP contribution in [0.4, 0.5) is 20.3 Å². The molecule has 98 valence electrons. The van der Waals surface area contributed by atoms with Crippen molar-refractivity contribution in [2.24, 2.45) is 0 Å². The maximum absolute atomic E-state index is 12.7. The molecule has 1 rings (SSSR count). The van der Waals surface area contributed by atoms with E-state index in [0.717, 1.165) is 13.2 Å². The van der Waals surface area contributed by atoms with Crippen molar-refractivity contribution in [1.29, 1.82) is 0 Å². The van der Waals surface area contributed by atoms with E-state index in [0.29, 0.717) is 0 Å². The van der Waals surface area contributed by atoms with Gasteiger partial charge in [0, 0.05) is 0 Å². The lowest BCUT2D eigenvalue weighted by Crippen LogP contribution is -2.12. The molecule has 0 saturated carbocycles. The van der Waals surface area contributed by atoms with Gasteiger partial charge in [-0.05, 0) is 0 Å². The Kier molecular flexibility index (Phi) is 4.08. The van der Waals surface area contributed by atoms with Crippen LogP contribution >= 0.6 is 0 Å². The third-order valence-corrected chi connectivity index (χ3v) is 2.10. The number of hydrogen-bond donors (Lipinski definition) is 1. The van der Waals surface area contributed by atoms with Crippen LogP contribution in [-0.4, -0.2) is 23.0 Å². The summed E-state index contributed by atoms with van der Waals surface area (Å²) >= 11 is 0. The number of esters is 1. The summed E-state index contributed by atoms with van der Waals surface area (Å²) < 4.78 is 29.7. The molecule has 1 heterocycles. The molecule has 0 fully saturated rings. The number of nitrogen functional groups attached to an aromatic ring is 1. The van der Waals surface area contributed by atoms with Crippen LogP contribution in [0.1, 0.15) is 17.7 Å². The van der Waals surface area contributed by atoms with Crippen molar-refractivity contribution in [3.8, 4) is 0 Å². The quantitative estimate of drug-likeness (QED) is 0.496. The number of halogens is 2. The van der Waals surface area contributed by atoms with Crippen LogP contribution in [0, 0.1) is 10.1 Å². The summed E-state index contributed by atoms with van der Waals surface area (Å²) in [7, 11) is 1.04. The van der Waals surface area contributed by atoms with Crippen LogP contribution in [0.3, 0.4) is 0 Å². The smallest absolute Gasteiger partial charge is 0.310 e. The highest BCUT2D eigenvalue weighted by atomic mass is 19.3. The second-order valence-corrected chi connectivity index (χ2v) is 3.24. The minimum absolute atomic E-state index is 0.411. The second kappa shape index (κ2) is 5.34. The largest absolute Gasteiger partial charge is 0.469 e. The van der Waals surface area contributed by atoms with E-state index in [1.54, 1.807) is 0 Å². The molecule has 0 aliphatic heterocycles. The van der Waals surface area contributed by atoms with Crippen molar-refractivity contribution in [3.05, 3.63) is 27.4 Å². The Morgan fingerprint density at radius 3 is 2.72 bits per heavy atom. The first-order valence-electron chi connectivity index (χ1n) is 4.65. The molecule has 0 atom stereocenters. The van der Waals surface area contributed by atoms with E-state index >= 15 is 0 Å². The van der Waals surface area contributed by atoms with E-state index in [4.69, 9.17) is 5.73 Å². The van der Waals surface area contributed by atoms with Gasteiger partial charge in [0.05, 0.1) is 30.1 Å².